The molecular weight excluding hydrogens is 286 g/mol. The smallest absolute Gasteiger partial charge is 0.307 e. The Morgan fingerprint density at radius 2 is 2.00 bits per heavy atom. The van der Waals surface area contributed by atoms with Gasteiger partial charge in [-0.25, -0.2) is 0 Å². The lowest BCUT2D eigenvalue weighted by Crippen LogP contribution is -2.12. The minimum atomic E-state index is -0.226. The maximum Gasteiger partial charge on any atom is 0.307 e. The lowest BCUT2D eigenvalue weighted by molar-refractivity contribution is -0.144. The van der Waals surface area contributed by atoms with Gasteiger partial charge in [-0.2, -0.15) is 0 Å². The Morgan fingerprint density at radius 3 is 2.76 bits per heavy atom. The van der Waals surface area contributed by atoms with Crippen LogP contribution in [0, 0.1) is 6.92 Å². The van der Waals surface area contributed by atoms with E-state index in [0.717, 1.165) is 16.8 Å². The zero-order chi connectivity index (χ0) is 15.1. The fraction of sp³-hybridized carbons (Fsp3) is 0.235. The highest BCUT2D eigenvalue weighted by molar-refractivity contribution is 6.30. The van der Waals surface area contributed by atoms with Crippen LogP contribution in [0.3, 0.4) is 0 Å². The predicted octanol–water partition coefficient (Wildman–Crippen LogP) is 4.19. The number of para-hydroxylation sites is 1. The Bertz CT molecular complexity index is 613. The molecule has 0 amide bonds. The summed E-state index contributed by atoms with van der Waals surface area (Å²) in [7, 11) is 0. The predicted molar refractivity (Wildman–Crippen MR) is 85.5 cm³/mol. The molecule has 0 unspecified atom stereocenters. The number of ether oxygens (including phenoxy) is 1. The molecule has 0 aliphatic heterocycles. The largest absolute Gasteiger partial charge is 0.461 e. The van der Waals surface area contributed by atoms with Crippen LogP contribution in [0.5, 0.6) is 0 Å². The summed E-state index contributed by atoms with van der Waals surface area (Å²) in [6.45, 7) is 2.84. The average molecular weight is 304 g/mol. The van der Waals surface area contributed by atoms with Crippen LogP contribution in [0.15, 0.2) is 48.5 Å². The molecular formula is C17H18ClNO2. The zero-order valence-corrected chi connectivity index (χ0v) is 12.7. The van der Waals surface area contributed by atoms with E-state index in [-0.39, 0.29) is 12.6 Å². The first kappa shape index (κ1) is 15.4. The first-order chi connectivity index (χ1) is 10.1. The molecule has 0 saturated heterocycles. The number of nitrogens with one attached hydrogen (secondary N) is 1. The molecule has 4 heteroatoms. The second-order valence-electron chi connectivity index (χ2n) is 4.78. The maximum atomic E-state index is 11.7. The van der Waals surface area contributed by atoms with E-state index >= 15 is 0 Å². The highest BCUT2D eigenvalue weighted by Gasteiger charge is 2.04. The van der Waals surface area contributed by atoms with Crippen molar-refractivity contribution in [2.75, 3.05) is 11.9 Å². The Kier molecular flexibility index (Phi) is 5.64. The van der Waals surface area contributed by atoms with Crippen molar-refractivity contribution in [3.05, 3.63) is 64.7 Å². The van der Waals surface area contributed by atoms with Gasteiger partial charge in [0.25, 0.3) is 0 Å². The fourth-order valence-electron chi connectivity index (χ4n) is 1.93. The summed E-state index contributed by atoms with van der Waals surface area (Å²) in [5.74, 6) is -0.226. The molecule has 2 rings (SSSR count). The number of esters is 1. The Balaban J connectivity index is 1.72. The molecule has 2 aromatic carbocycles. The van der Waals surface area contributed by atoms with Crippen LogP contribution in [-0.2, 0) is 16.1 Å². The number of anilines is 1. The van der Waals surface area contributed by atoms with E-state index in [9.17, 15) is 4.79 Å². The van der Waals surface area contributed by atoms with Crippen molar-refractivity contribution in [3.8, 4) is 0 Å². The van der Waals surface area contributed by atoms with Crippen molar-refractivity contribution < 1.29 is 9.53 Å². The van der Waals surface area contributed by atoms with E-state index in [1.165, 1.54) is 0 Å². The van der Waals surface area contributed by atoms with E-state index < -0.39 is 0 Å². The van der Waals surface area contributed by atoms with Gasteiger partial charge in [-0.3, -0.25) is 4.79 Å². The monoisotopic (exact) mass is 303 g/mol. The molecule has 3 nitrogen and oxygen atoms in total. The minimum Gasteiger partial charge on any atom is -0.461 e. The molecule has 0 aromatic heterocycles. The SMILES string of the molecule is Cc1ccccc1NCCC(=O)OCc1cccc(Cl)c1. The number of hydrogen-bond acceptors (Lipinski definition) is 3. The molecule has 0 atom stereocenters. The first-order valence-electron chi connectivity index (χ1n) is 6.85. The summed E-state index contributed by atoms with van der Waals surface area (Å²) in [6.07, 6.45) is 0.328. The van der Waals surface area contributed by atoms with Gasteiger partial charge in [-0.15, -0.1) is 0 Å². The molecule has 0 radical (unpaired) electrons. The van der Waals surface area contributed by atoms with Gasteiger partial charge < -0.3 is 10.1 Å². The molecule has 0 saturated carbocycles. The summed E-state index contributed by atoms with van der Waals surface area (Å²) >= 11 is 5.88. The van der Waals surface area contributed by atoms with Crippen molar-refractivity contribution >= 4 is 23.3 Å². The van der Waals surface area contributed by atoms with Crippen LogP contribution < -0.4 is 5.32 Å². The van der Waals surface area contributed by atoms with Crippen molar-refractivity contribution in [2.24, 2.45) is 0 Å². The third kappa shape index (κ3) is 5.12. The Labute approximate surface area is 129 Å². The molecule has 0 aliphatic carbocycles. The Hall–Kier alpha value is -2.00. The van der Waals surface area contributed by atoms with Gasteiger partial charge in [0.15, 0.2) is 0 Å². The molecule has 1 N–H and O–H groups in total. The quantitative estimate of drug-likeness (QED) is 0.813. The summed E-state index contributed by atoms with van der Waals surface area (Å²) in [6, 6.07) is 15.3. The number of benzene rings is 2. The van der Waals surface area contributed by atoms with Crippen molar-refractivity contribution in [3.63, 3.8) is 0 Å². The molecule has 2 aromatic rings. The van der Waals surface area contributed by atoms with E-state index in [1.807, 2.05) is 43.3 Å². The topological polar surface area (TPSA) is 38.3 Å². The van der Waals surface area contributed by atoms with Crippen LogP contribution in [0.4, 0.5) is 5.69 Å². The number of aryl methyl sites for hydroxylation is 1. The third-order valence-electron chi connectivity index (χ3n) is 3.08. The number of carbonyl (C=O) groups is 1. The molecule has 21 heavy (non-hydrogen) atoms. The zero-order valence-electron chi connectivity index (χ0n) is 11.9. The summed E-state index contributed by atoms with van der Waals surface area (Å²) in [4.78, 5) is 11.7. The van der Waals surface area contributed by atoms with Crippen LogP contribution in [0.25, 0.3) is 0 Å². The summed E-state index contributed by atoms with van der Waals surface area (Å²) < 4.78 is 5.21. The molecule has 0 spiro atoms. The normalized spacial score (nSPS) is 10.2. The van der Waals surface area contributed by atoms with Gasteiger partial charge in [0.1, 0.15) is 6.61 Å². The highest BCUT2D eigenvalue weighted by Crippen LogP contribution is 2.13. The minimum absolute atomic E-state index is 0.226. The second-order valence-corrected chi connectivity index (χ2v) is 5.22. The Morgan fingerprint density at radius 1 is 1.19 bits per heavy atom. The van der Waals surface area contributed by atoms with Crippen LogP contribution >= 0.6 is 11.6 Å². The molecule has 0 fully saturated rings. The average Bonchev–Trinajstić information content (AvgIpc) is 2.47. The van der Waals surface area contributed by atoms with Gasteiger partial charge in [0, 0.05) is 17.3 Å². The fourth-order valence-corrected chi connectivity index (χ4v) is 2.15. The van der Waals surface area contributed by atoms with E-state index in [1.54, 1.807) is 12.1 Å². The summed E-state index contributed by atoms with van der Waals surface area (Å²) in [5.41, 5.74) is 3.09. The highest BCUT2D eigenvalue weighted by atomic mass is 35.5. The van der Waals surface area contributed by atoms with Crippen LogP contribution in [0.1, 0.15) is 17.5 Å². The number of rotatable bonds is 6. The van der Waals surface area contributed by atoms with Gasteiger partial charge in [0.05, 0.1) is 6.42 Å². The molecule has 110 valence electrons. The van der Waals surface area contributed by atoms with Crippen LogP contribution in [0.2, 0.25) is 5.02 Å². The maximum absolute atomic E-state index is 11.7. The lowest BCUT2D eigenvalue weighted by atomic mass is 10.2. The number of hydrogen-bond donors (Lipinski definition) is 1. The third-order valence-corrected chi connectivity index (χ3v) is 3.31. The van der Waals surface area contributed by atoms with Crippen molar-refractivity contribution in [1.29, 1.82) is 0 Å². The first-order valence-corrected chi connectivity index (χ1v) is 7.22. The van der Waals surface area contributed by atoms with Gasteiger partial charge in [-0.05, 0) is 36.2 Å². The van der Waals surface area contributed by atoms with Crippen molar-refractivity contribution in [2.45, 2.75) is 20.0 Å². The standard InChI is InChI=1S/C17H18ClNO2/c1-13-5-2-3-8-16(13)19-10-9-17(20)21-12-14-6-4-7-15(18)11-14/h2-8,11,19H,9-10,12H2,1H3. The van der Waals surface area contributed by atoms with Gasteiger partial charge in [-0.1, -0.05) is 41.9 Å². The lowest BCUT2D eigenvalue weighted by Gasteiger charge is -2.09. The number of halogens is 1. The molecule has 0 bridgehead atoms. The molecule has 0 heterocycles. The van der Waals surface area contributed by atoms with E-state index in [4.69, 9.17) is 16.3 Å². The molecule has 0 aliphatic rings. The van der Waals surface area contributed by atoms with E-state index in [2.05, 4.69) is 5.32 Å². The summed E-state index contributed by atoms with van der Waals surface area (Å²) in [5, 5.41) is 3.87. The van der Waals surface area contributed by atoms with E-state index in [0.29, 0.717) is 18.0 Å². The second kappa shape index (κ2) is 7.70. The van der Waals surface area contributed by atoms with Crippen LogP contribution in [-0.4, -0.2) is 12.5 Å². The van der Waals surface area contributed by atoms with Gasteiger partial charge in [0.2, 0.25) is 0 Å². The number of carbonyl (C=O) groups excluding carboxylic acids is 1. The van der Waals surface area contributed by atoms with Gasteiger partial charge >= 0.3 is 5.97 Å². The van der Waals surface area contributed by atoms with Crippen molar-refractivity contribution in [1.82, 2.24) is 0 Å².